The van der Waals surface area contributed by atoms with Crippen LogP contribution in [0.15, 0.2) is 29.2 Å². The molecule has 2 rings (SSSR count). The van der Waals surface area contributed by atoms with E-state index in [1.165, 1.54) is 29.9 Å². The van der Waals surface area contributed by atoms with E-state index in [2.05, 4.69) is 50.4 Å². The minimum absolute atomic E-state index is 0.652. The van der Waals surface area contributed by atoms with Gasteiger partial charge in [0, 0.05) is 16.7 Å². The van der Waals surface area contributed by atoms with Gasteiger partial charge < -0.3 is 5.32 Å². The summed E-state index contributed by atoms with van der Waals surface area (Å²) >= 11 is 2.04. The van der Waals surface area contributed by atoms with Crippen LogP contribution in [0.1, 0.15) is 51.5 Å². The first-order valence-corrected chi connectivity index (χ1v) is 8.64. The average Bonchev–Trinajstić information content (AvgIpc) is 2.80. The summed E-state index contributed by atoms with van der Waals surface area (Å²) in [6.07, 6.45) is 3.86. The van der Waals surface area contributed by atoms with Gasteiger partial charge in [-0.1, -0.05) is 32.0 Å². The van der Waals surface area contributed by atoms with Crippen LogP contribution < -0.4 is 5.32 Å². The maximum atomic E-state index is 3.60. The van der Waals surface area contributed by atoms with Crippen molar-refractivity contribution >= 4 is 11.8 Å². The van der Waals surface area contributed by atoms with Gasteiger partial charge in [0.05, 0.1) is 0 Å². The lowest BCUT2D eigenvalue weighted by Crippen LogP contribution is -2.28. The van der Waals surface area contributed by atoms with Crippen LogP contribution in [-0.2, 0) is 0 Å². The Hall–Kier alpha value is -0.470. The predicted molar refractivity (Wildman–Crippen MR) is 86.1 cm³/mol. The molecular weight excluding hydrogens is 250 g/mol. The molecule has 1 aromatic carbocycles. The zero-order valence-corrected chi connectivity index (χ0v) is 13.3. The minimum atomic E-state index is 0.652. The van der Waals surface area contributed by atoms with Crippen LogP contribution in [0, 0.1) is 5.92 Å². The summed E-state index contributed by atoms with van der Waals surface area (Å²) in [5.74, 6) is 2.85. The van der Waals surface area contributed by atoms with Crippen molar-refractivity contribution in [3.63, 3.8) is 0 Å². The van der Waals surface area contributed by atoms with E-state index in [1.807, 2.05) is 11.8 Å². The maximum absolute atomic E-state index is 3.60. The topological polar surface area (TPSA) is 12.0 Å². The minimum Gasteiger partial charge on any atom is -0.314 e. The molecule has 3 unspecified atom stereocenters. The van der Waals surface area contributed by atoms with Gasteiger partial charge in [-0.05, 0) is 56.2 Å². The summed E-state index contributed by atoms with van der Waals surface area (Å²) in [4.78, 5) is 1.51. The number of hydrogen-bond donors (Lipinski definition) is 1. The molecule has 0 fully saturated rings. The number of benzene rings is 1. The first-order chi connectivity index (χ1) is 9.20. The van der Waals surface area contributed by atoms with Crippen molar-refractivity contribution in [2.75, 3.05) is 12.3 Å². The largest absolute Gasteiger partial charge is 0.314 e. The molecule has 1 heterocycles. The van der Waals surface area contributed by atoms with Crippen molar-refractivity contribution < 1.29 is 0 Å². The lowest BCUT2D eigenvalue weighted by Gasteiger charge is -2.21. The molecule has 0 saturated heterocycles. The maximum Gasteiger partial charge on any atom is 0.0107 e. The Morgan fingerprint density at radius 2 is 2.11 bits per heavy atom. The third-order valence-corrected chi connectivity index (χ3v) is 5.24. The van der Waals surface area contributed by atoms with Gasteiger partial charge >= 0.3 is 0 Å². The Morgan fingerprint density at radius 1 is 1.32 bits per heavy atom. The Kier molecular flexibility index (Phi) is 5.77. The normalized spacial score (nSPS) is 21.1. The van der Waals surface area contributed by atoms with Crippen molar-refractivity contribution in [1.82, 2.24) is 5.32 Å². The summed E-state index contributed by atoms with van der Waals surface area (Å²) in [6.45, 7) is 8.12. The summed E-state index contributed by atoms with van der Waals surface area (Å²) in [5.41, 5.74) is 1.59. The van der Waals surface area contributed by atoms with Crippen LogP contribution in [-0.4, -0.2) is 18.3 Å². The SMILES string of the molecule is CCCNC(C)CC(C)CC1CSc2ccccc21. The molecule has 0 bridgehead atoms. The van der Waals surface area contributed by atoms with Crippen molar-refractivity contribution in [2.24, 2.45) is 5.92 Å². The third-order valence-electron chi connectivity index (χ3n) is 3.98. The predicted octanol–water partition coefficient (Wildman–Crippen LogP) is 4.68. The van der Waals surface area contributed by atoms with Gasteiger partial charge in [-0.2, -0.15) is 0 Å². The number of rotatable bonds is 7. The highest BCUT2D eigenvalue weighted by Crippen LogP contribution is 2.42. The molecule has 0 spiro atoms. The van der Waals surface area contributed by atoms with Crippen molar-refractivity contribution in [3.05, 3.63) is 29.8 Å². The van der Waals surface area contributed by atoms with Crippen molar-refractivity contribution in [1.29, 1.82) is 0 Å². The number of fused-ring (bicyclic) bond motifs is 1. The molecule has 19 heavy (non-hydrogen) atoms. The van der Waals surface area contributed by atoms with E-state index >= 15 is 0 Å². The van der Waals surface area contributed by atoms with Crippen molar-refractivity contribution in [2.45, 2.75) is 56.9 Å². The smallest absolute Gasteiger partial charge is 0.0107 e. The van der Waals surface area contributed by atoms with Gasteiger partial charge in [-0.25, -0.2) is 0 Å². The van der Waals surface area contributed by atoms with Gasteiger partial charge in [0.15, 0.2) is 0 Å². The highest BCUT2D eigenvalue weighted by molar-refractivity contribution is 7.99. The van der Waals surface area contributed by atoms with Crippen LogP contribution in [0.25, 0.3) is 0 Å². The number of thioether (sulfide) groups is 1. The van der Waals surface area contributed by atoms with Gasteiger partial charge in [0.25, 0.3) is 0 Å². The molecule has 3 atom stereocenters. The van der Waals surface area contributed by atoms with E-state index in [0.717, 1.165) is 18.4 Å². The lowest BCUT2D eigenvalue weighted by atomic mass is 9.88. The van der Waals surface area contributed by atoms with E-state index in [4.69, 9.17) is 0 Å². The zero-order valence-electron chi connectivity index (χ0n) is 12.5. The second-order valence-corrected chi connectivity index (χ2v) is 7.04. The first-order valence-electron chi connectivity index (χ1n) is 7.65. The van der Waals surface area contributed by atoms with E-state index in [0.29, 0.717) is 6.04 Å². The Balaban J connectivity index is 1.82. The summed E-state index contributed by atoms with van der Waals surface area (Å²) in [5, 5.41) is 3.60. The molecule has 1 aliphatic heterocycles. The molecule has 2 heteroatoms. The van der Waals surface area contributed by atoms with Crippen LogP contribution in [0.5, 0.6) is 0 Å². The van der Waals surface area contributed by atoms with E-state index in [1.54, 1.807) is 5.56 Å². The van der Waals surface area contributed by atoms with E-state index in [-0.39, 0.29) is 0 Å². The van der Waals surface area contributed by atoms with Crippen LogP contribution in [0.3, 0.4) is 0 Å². The van der Waals surface area contributed by atoms with E-state index in [9.17, 15) is 0 Å². The van der Waals surface area contributed by atoms with Gasteiger partial charge in [-0.3, -0.25) is 0 Å². The van der Waals surface area contributed by atoms with E-state index < -0.39 is 0 Å². The second kappa shape index (κ2) is 7.35. The zero-order chi connectivity index (χ0) is 13.7. The molecule has 0 radical (unpaired) electrons. The molecule has 1 nitrogen and oxygen atoms in total. The van der Waals surface area contributed by atoms with Crippen LogP contribution >= 0.6 is 11.8 Å². The molecule has 0 aliphatic carbocycles. The van der Waals surface area contributed by atoms with Crippen molar-refractivity contribution in [3.8, 4) is 0 Å². The molecule has 1 aliphatic rings. The van der Waals surface area contributed by atoms with Gasteiger partial charge in [-0.15, -0.1) is 11.8 Å². The molecule has 0 saturated carbocycles. The fourth-order valence-corrected chi connectivity index (χ4v) is 4.36. The van der Waals surface area contributed by atoms with Gasteiger partial charge in [0.1, 0.15) is 0 Å². The summed E-state index contributed by atoms with van der Waals surface area (Å²) in [7, 11) is 0. The highest BCUT2D eigenvalue weighted by atomic mass is 32.2. The highest BCUT2D eigenvalue weighted by Gasteiger charge is 2.24. The quantitative estimate of drug-likeness (QED) is 0.776. The molecule has 106 valence electrons. The summed E-state index contributed by atoms with van der Waals surface area (Å²) in [6, 6.07) is 9.60. The summed E-state index contributed by atoms with van der Waals surface area (Å²) < 4.78 is 0. The first kappa shape index (κ1) is 14.9. The molecule has 0 aromatic heterocycles. The lowest BCUT2D eigenvalue weighted by molar-refractivity contribution is 0.386. The number of hydrogen-bond acceptors (Lipinski definition) is 2. The standard InChI is InChI=1S/C17H27NS/c1-4-9-18-14(3)10-13(2)11-15-12-19-17-8-6-5-7-16(15)17/h5-8,13-15,18H,4,9-12H2,1-3H3. The Morgan fingerprint density at radius 3 is 2.89 bits per heavy atom. The van der Waals surface area contributed by atoms with Crippen LogP contribution in [0.4, 0.5) is 0 Å². The molecule has 1 N–H and O–H groups in total. The Labute approximate surface area is 122 Å². The number of nitrogens with one attached hydrogen (secondary N) is 1. The monoisotopic (exact) mass is 277 g/mol. The average molecular weight is 277 g/mol. The fraction of sp³-hybridized carbons (Fsp3) is 0.647. The Bertz CT molecular complexity index is 391. The molecule has 0 amide bonds. The molecule has 1 aromatic rings. The van der Waals surface area contributed by atoms with Gasteiger partial charge in [0.2, 0.25) is 0 Å². The third kappa shape index (κ3) is 4.25. The van der Waals surface area contributed by atoms with Crippen LogP contribution in [0.2, 0.25) is 0 Å². The molecular formula is C17H27NS. The second-order valence-electron chi connectivity index (χ2n) is 5.98. The fourth-order valence-electron chi connectivity index (χ4n) is 3.08.